The van der Waals surface area contributed by atoms with Gasteiger partial charge in [-0.1, -0.05) is 0 Å². The summed E-state index contributed by atoms with van der Waals surface area (Å²) in [4.78, 5) is 15.3. The molecule has 13 heavy (non-hydrogen) atoms. The van der Waals surface area contributed by atoms with Crippen molar-refractivity contribution in [3.63, 3.8) is 0 Å². The van der Waals surface area contributed by atoms with Crippen LogP contribution in [0, 0.1) is 0 Å². The van der Waals surface area contributed by atoms with Gasteiger partial charge in [-0.05, 0) is 13.8 Å². The molecule has 2 amide bonds. The van der Waals surface area contributed by atoms with Crippen molar-refractivity contribution >= 4 is 6.03 Å². The molecule has 1 rings (SSSR count). The van der Waals surface area contributed by atoms with E-state index >= 15 is 0 Å². The SMILES string of the molecule is [2H]C1CNCCN1C(=O)N(CC)CC. The summed E-state index contributed by atoms with van der Waals surface area (Å²) < 4.78 is 7.72. The minimum absolute atomic E-state index is 0.00324. The second-order valence-electron chi connectivity index (χ2n) is 3.03. The Hall–Kier alpha value is -0.770. The fourth-order valence-electron chi connectivity index (χ4n) is 1.42. The minimum atomic E-state index is -0.433. The predicted octanol–water partition coefficient (Wildman–Crippen LogP) is 0.353. The van der Waals surface area contributed by atoms with E-state index in [1.54, 1.807) is 9.80 Å². The molecule has 0 aromatic heterocycles. The Bertz CT molecular complexity index is 196. The Morgan fingerprint density at radius 2 is 2.23 bits per heavy atom. The van der Waals surface area contributed by atoms with Crippen LogP contribution in [-0.4, -0.2) is 55.1 Å². The van der Waals surface area contributed by atoms with Gasteiger partial charge in [0, 0.05) is 39.2 Å². The summed E-state index contributed by atoms with van der Waals surface area (Å²) in [7, 11) is 0. The van der Waals surface area contributed by atoms with E-state index in [-0.39, 0.29) is 6.03 Å². The lowest BCUT2D eigenvalue weighted by molar-refractivity contribution is 0.151. The third-order valence-corrected chi connectivity index (χ3v) is 2.27. The van der Waals surface area contributed by atoms with E-state index in [4.69, 9.17) is 1.37 Å². The van der Waals surface area contributed by atoms with Crippen molar-refractivity contribution in [2.75, 3.05) is 39.2 Å². The lowest BCUT2D eigenvalue weighted by atomic mass is 10.4. The first-order chi connectivity index (χ1) is 6.70. The van der Waals surface area contributed by atoms with Crippen molar-refractivity contribution in [3.8, 4) is 0 Å². The number of nitrogens with one attached hydrogen (secondary N) is 1. The molecule has 1 N–H and O–H groups in total. The molecule has 1 aliphatic rings. The highest BCUT2D eigenvalue weighted by molar-refractivity contribution is 5.74. The number of nitrogens with zero attached hydrogens (tertiary/aromatic N) is 2. The fourth-order valence-corrected chi connectivity index (χ4v) is 1.42. The molecule has 4 heteroatoms. The molecular weight excluding hydrogens is 166 g/mol. The molecule has 1 saturated heterocycles. The number of rotatable bonds is 2. The van der Waals surface area contributed by atoms with E-state index in [9.17, 15) is 4.79 Å². The molecule has 0 saturated carbocycles. The molecule has 1 atom stereocenters. The number of hydrogen-bond donors (Lipinski definition) is 1. The first kappa shape index (κ1) is 8.81. The first-order valence-corrected chi connectivity index (χ1v) is 4.89. The molecule has 1 aliphatic heterocycles. The molecule has 1 fully saturated rings. The molecule has 0 spiro atoms. The number of hydrogen-bond acceptors (Lipinski definition) is 2. The monoisotopic (exact) mass is 186 g/mol. The van der Waals surface area contributed by atoms with E-state index in [1.165, 1.54) is 0 Å². The van der Waals surface area contributed by atoms with Crippen LogP contribution >= 0.6 is 0 Å². The molecule has 4 nitrogen and oxygen atoms in total. The van der Waals surface area contributed by atoms with Crippen LogP contribution in [0.2, 0.25) is 0 Å². The number of urea groups is 1. The van der Waals surface area contributed by atoms with Crippen LogP contribution in [0.1, 0.15) is 15.2 Å². The van der Waals surface area contributed by atoms with Gasteiger partial charge >= 0.3 is 6.03 Å². The highest BCUT2D eigenvalue weighted by Crippen LogP contribution is 2.00. The normalized spacial score (nSPS) is 24.0. The van der Waals surface area contributed by atoms with Gasteiger partial charge in [0.25, 0.3) is 0 Å². The quantitative estimate of drug-likeness (QED) is 0.675. The maximum Gasteiger partial charge on any atom is 0.320 e. The molecule has 0 aromatic rings. The third kappa shape index (κ3) is 2.59. The summed E-state index contributed by atoms with van der Waals surface area (Å²) >= 11 is 0. The van der Waals surface area contributed by atoms with Crippen LogP contribution in [0.4, 0.5) is 4.79 Å². The van der Waals surface area contributed by atoms with Crippen molar-refractivity contribution < 1.29 is 6.17 Å². The van der Waals surface area contributed by atoms with E-state index in [2.05, 4.69) is 5.32 Å². The summed E-state index contributed by atoms with van der Waals surface area (Å²) in [6, 6.07) is -0.00324. The molecule has 0 aromatic carbocycles. The lowest BCUT2D eigenvalue weighted by Gasteiger charge is -2.32. The van der Waals surface area contributed by atoms with E-state index in [0.29, 0.717) is 26.2 Å². The Labute approximate surface area is 81.3 Å². The van der Waals surface area contributed by atoms with Gasteiger partial charge < -0.3 is 15.1 Å². The second kappa shape index (κ2) is 5.07. The van der Waals surface area contributed by atoms with Crippen molar-refractivity contribution in [2.45, 2.75) is 13.8 Å². The van der Waals surface area contributed by atoms with Gasteiger partial charge in [0.15, 0.2) is 0 Å². The van der Waals surface area contributed by atoms with Crippen LogP contribution in [0.5, 0.6) is 0 Å². The van der Waals surface area contributed by atoms with Gasteiger partial charge in [-0.3, -0.25) is 0 Å². The topological polar surface area (TPSA) is 35.6 Å². The predicted molar refractivity (Wildman–Crippen MR) is 52.8 cm³/mol. The second-order valence-corrected chi connectivity index (χ2v) is 3.03. The van der Waals surface area contributed by atoms with E-state index in [1.807, 2.05) is 13.8 Å². The molecule has 0 bridgehead atoms. The van der Waals surface area contributed by atoms with Crippen molar-refractivity contribution in [1.29, 1.82) is 0 Å². The Morgan fingerprint density at radius 3 is 2.77 bits per heavy atom. The summed E-state index contributed by atoms with van der Waals surface area (Å²) in [5, 5.41) is 3.09. The number of carbonyl (C=O) groups is 1. The highest BCUT2D eigenvalue weighted by atomic mass is 16.2. The van der Waals surface area contributed by atoms with Gasteiger partial charge in [-0.2, -0.15) is 0 Å². The molecule has 1 heterocycles. The average Bonchev–Trinajstić information content (AvgIpc) is 2.20. The maximum absolute atomic E-state index is 11.9. The summed E-state index contributed by atoms with van der Waals surface area (Å²) in [5.74, 6) is 0. The lowest BCUT2D eigenvalue weighted by Crippen LogP contribution is -2.51. The van der Waals surface area contributed by atoms with Gasteiger partial charge in [0.1, 0.15) is 0 Å². The Morgan fingerprint density at radius 1 is 1.54 bits per heavy atom. The van der Waals surface area contributed by atoms with Crippen LogP contribution in [-0.2, 0) is 0 Å². The smallest absolute Gasteiger partial charge is 0.320 e. The summed E-state index contributed by atoms with van der Waals surface area (Å²) in [6.07, 6.45) is 0. The zero-order chi connectivity index (χ0) is 10.6. The van der Waals surface area contributed by atoms with Gasteiger partial charge in [0.05, 0.1) is 1.37 Å². The van der Waals surface area contributed by atoms with Crippen LogP contribution in [0.15, 0.2) is 0 Å². The molecular formula is C9H19N3O. The Balaban J connectivity index is 2.57. The maximum atomic E-state index is 11.9. The largest absolute Gasteiger partial charge is 0.325 e. The van der Waals surface area contributed by atoms with Gasteiger partial charge in [-0.15, -0.1) is 0 Å². The van der Waals surface area contributed by atoms with Gasteiger partial charge in [0.2, 0.25) is 0 Å². The number of piperazine rings is 1. The highest BCUT2D eigenvalue weighted by Gasteiger charge is 2.19. The standard InChI is InChI=1S/C9H19N3O/c1-3-11(4-2)9(13)12-7-5-10-6-8-12/h10H,3-8H2,1-2H3/i7D. The van der Waals surface area contributed by atoms with E-state index in [0.717, 1.165) is 6.54 Å². The zero-order valence-corrected chi connectivity index (χ0v) is 8.42. The molecule has 1 unspecified atom stereocenters. The number of amides is 2. The molecule has 0 aliphatic carbocycles. The average molecular weight is 186 g/mol. The van der Waals surface area contributed by atoms with Gasteiger partial charge in [-0.25, -0.2) is 4.79 Å². The zero-order valence-electron chi connectivity index (χ0n) is 9.42. The third-order valence-electron chi connectivity index (χ3n) is 2.27. The molecule has 0 radical (unpaired) electrons. The van der Waals surface area contributed by atoms with E-state index < -0.39 is 6.52 Å². The summed E-state index contributed by atoms with van der Waals surface area (Å²) in [5.41, 5.74) is 0. The fraction of sp³-hybridized carbons (Fsp3) is 0.889. The van der Waals surface area contributed by atoms with Crippen molar-refractivity contribution in [3.05, 3.63) is 0 Å². The minimum Gasteiger partial charge on any atom is -0.325 e. The molecule has 76 valence electrons. The first-order valence-electron chi connectivity index (χ1n) is 5.47. The Kier molecular flexibility index (Phi) is 3.43. The van der Waals surface area contributed by atoms with Crippen molar-refractivity contribution in [2.24, 2.45) is 0 Å². The van der Waals surface area contributed by atoms with Crippen LogP contribution in [0.3, 0.4) is 0 Å². The summed E-state index contributed by atoms with van der Waals surface area (Å²) in [6.45, 7) is 6.93. The van der Waals surface area contributed by atoms with Crippen LogP contribution < -0.4 is 5.32 Å². The van der Waals surface area contributed by atoms with Crippen LogP contribution in [0.25, 0.3) is 0 Å². The van der Waals surface area contributed by atoms with Crippen molar-refractivity contribution in [1.82, 2.24) is 15.1 Å². The number of carbonyl (C=O) groups excluding carboxylic acids is 1.